The fourth-order valence-corrected chi connectivity index (χ4v) is 4.54. The van der Waals surface area contributed by atoms with Gasteiger partial charge in [-0.15, -0.1) is 16.8 Å². The molecule has 0 atom stereocenters. The number of nitrogens with one attached hydrogen (secondary N) is 1. The number of aryl methyl sites for hydroxylation is 1. The predicted molar refractivity (Wildman–Crippen MR) is 142 cm³/mol. The highest BCUT2D eigenvalue weighted by Crippen LogP contribution is 2.24. The molecule has 0 spiro atoms. The molecule has 2 aromatic heterocycles. The molecule has 0 aliphatic rings. The molecule has 0 fully saturated rings. The Bertz CT molecular complexity index is 1620. The molecule has 1 amide bonds. The van der Waals surface area contributed by atoms with Crippen molar-refractivity contribution in [1.29, 1.82) is 0 Å². The molecule has 2 heterocycles. The number of amides is 1. The van der Waals surface area contributed by atoms with E-state index in [9.17, 15) is 9.59 Å². The predicted octanol–water partition coefficient (Wildman–Crippen LogP) is 5.06. The van der Waals surface area contributed by atoms with Crippen LogP contribution in [0.25, 0.3) is 16.7 Å². The van der Waals surface area contributed by atoms with E-state index in [1.54, 1.807) is 40.8 Å². The number of thioether (sulfide) groups is 1. The van der Waals surface area contributed by atoms with Crippen LogP contribution < -0.4 is 15.6 Å². The van der Waals surface area contributed by atoms with E-state index in [0.717, 1.165) is 11.3 Å². The fraction of sp³-hybridized carbons (Fsp3) is 0.111. The van der Waals surface area contributed by atoms with Crippen LogP contribution in [0.5, 0.6) is 11.5 Å². The molecule has 3 aromatic carbocycles. The van der Waals surface area contributed by atoms with Gasteiger partial charge in [-0.1, -0.05) is 47.7 Å². The highest BCUT2D eigenvalue weighted by atomic mass is 32.2. The molecule has 0 unspecified atom stereocenters. The summed E-state index contributed by atoms with van der Waals surface area (Å²) in [7, 11) is 0. The van der Waals surface area contributed by atoms with Crippen LogP contribution in [-0.2, 0) is 11.3 Å². The summed E-state index contributed by atoms with van der Waals surface area (Å²) < 4.78 is 9.16. The summed E-state index contributed by atoms with van der Waals surface area (Å²) in [4.78, 5) is 25.6. The summed E-state index contributed by atoms with van der Waals surface area (Å²) in [6, 6.07) is 22.3. The van der Waals surface area contributed by atoms with Crippen LogP contribution in [0.1, 0.15) is 5.56 Å². The number of para-hydroxylation sites is 1. The van der Waals surface area contributed by atoms with E-state index in [1.807, 2.05) is 49.4 Å². The van der Waals surface area contributed by atoms with E-state index in [4.69, 9.17) is 4.74 Å². The molecule has 0 aliphatic carbocycles. The first kappa shape index (κ1) is 23.4. The van der Waals surface area contributed by atoms with Crippen LogP contribution in [-0.4, -0.2) is 30.8 Å². The van der Waals surface area contributed by atoms with E-state index in [2.05, 4.69) is 22.1 Å². The van der Waals surface area contributed by atoms with E-state index in [1.165, 1.54) is 16.3 Å². The molecule has 0 saturated heterocycles. The van der Waals surface area contributed by atoms with Crippen molar-refractivity contribution in [3.63, 3.8) is 0 Å². The molecule has 8 nitrogen and oxygen atoms in total. The van der Waals surface area contributed by atoms with Gasteiger partial charge in [0.15, 0.2) is 5.16 Å². The number of benzene rings is 3. The van der Waals surface area contributed by atoms with Crippen LogP contribution in [0.2, 0.25) is 0 Å². The smallest absolute Gasteiger partial charge is 0.263 e. The van der Waals surface area contributed by atoms with Gasteiger partial charge in [0.25, 0.3) is 5.56 Å². The number of allylic oxidation sites excluding steroid dienone is 1. The molecular weight excluding hydrogens is 474 g/mol. The molecule has 5 rings (SSSR count). The van der Waals surface area contributed by atoms with Crippen molar-refractivity contribution in [2.75, 3.05) is 11.1 Å². The first-order valence-corrected chi connectivity index (χ1v) is 12.3. The van der Waals surface area contributed by atoms with Crippen molar-refractivity contribution >= 4 is 40.0 Å². The standard InChI is InChI=1S/C27H23N5O3S/c1-3-16-31-25(34)22-6-4-5-7-23(22)32-26(31)29-30-27(32)36-17-24(33)28-19-10-14-21(15-11-19)35-20-12-8-18(2)9-13-20/h3-15H,1,16-17H2,2H3,(H,28,33). The van der Waals surface area contributed by atoms with Crippen molar-refractivity contribution in [3.05, 3.63) is 101 Å². The fourth-order valence-electron chi connectivity index (χ4n) is 3.80. The molecular formula is C27H23N5O3S. The van der Waals surface area contributed by atoms with E-state index in [-0.39, 0.29) is 17.2 Å². The number of ether oxygens (including phenoxy) is 1. The number of hydrogen-bond donors (Lipinski definition) is 1. The maximum Gasteiger partial charge on any atom is 0.263 e. The Balaban J connectivity index is 1.29. The van der Waals surface area contributed by atoms with Gasteiger partial charge in [-0.05, 0) is 55.5 Å². The maximum absolute atomic E-state index is 12.9. The summed E-state index contributed by atoms with van der Waals surface area (Å²) >= 11 is 1.25. The van der Waals surface area contributed by atoms with E-state index in [0.29, 0.717) is 39.8 Å². The van der Waals surface area contributed by atoms with Gasteiger partial charge in [0.05, 0.1) is 16.7 Å². The van der Waals surface area contributed by atoms with Crippen molar-refractivity contribution in [2.24, 2.45) is 0 Å². The quantitative estimate of drug-likeness (QED) is 0.238. The lowest BCUT2D eigenvalue weighted by Gasteiger charge is -2.10. The summed E-state index contributed by atoms with van der Waals surface area (Å²) in [5.41, 5.74) is 2.36. The van der Waals surface area contributed by atoms with Gasteiger partial charge in [0.1, 0.15) is 11.5 Å². The lowest BCUT2D eigenvalue weighted by molar-refractivity contribution is -0.113. The first-order chi connectivity index (χ1) is 17.5. The second-order valence-corrected chi connectivity index (χ2v) is 9.06. The summed E-state index contributed by atoms with van der Waals surface area (Å²) in [5.74, 6) is 1.77. The Kier molecular flexibility index (Phi) is 6.55. The van der Waals surface area contributed by atoms with E-state index < -0.39 is 0 Å². The largest absolute Gasteiger partial charge is 0.457 e. The monoisotopic (exact) mass is 497 g/mol. The second kappa shape index (κ2) is 10.1. The molecule has 5 aromatic rings. The molecule has 180 valence electrons. The number of hydrogen-bond acceptors (Lipinski definition) is 6. The topological polar surface area (TPSA) is 90.5 Å². The van der Waals surface area contributed by atoms with Crippen LogP contribution >= 0.6 is 11.8 Å². The minimum Gasteiger partial charge on any atom is -0.457 e. The van der Waals surface area contributed by atoms with Gasteiger partial charge in [0.2, 0.25) is 11.7 Å². The lowest BCUT2D eigenvalue weighted by Crippen LogP contribution is -2.22. The van der Waals surface area contributed by atoms with Crippen LogP contribution in [0.15, 0.2) is 95.4 Å². The number of anilines is 1. The number of fused-ring (bicyclic) bond motifs is 3. The summed E-state index contributed by atoms with van der Waals surface area (Å²) in [5, 5.41) is 12.4. The molecule has 1 N–H and O–H groups in total. The number of aromatic nitrogens is 4. The Morgan fingerprint density at radius 1 is 1.03 bits per heavy atom. The third-order valence-electron chi connectivity index (χ3n) is 5.52. The number of rotatable bonds is 8. The minimum absolute atomic E-state index is 0.122. The highest BCUT2D eigenvalue weighted by molar-refractivity contribution is 7.99. The van der Waals surface area contributed by atoms with Gasteiger partial charge in [-0.3, -0.25) is 18.6 Å². The third kappa shape index (κ3) is 4.73. The summed E-state index contributed by atoms with van der Waals surface area (Å²) in [6.45, 7) is 6.06. The molecule has 36 heavy (non-hydrogen) atoms. The third-order valence-corrected chi connectivity index (χ3v) is 6.45. The Hall–Kier alpha value is -4.37. The van der Waals surface area contributed by atoms with Crippen molar-refractivity contribution in [3.8, 4) is 11.5 Å². The normalized spacial score (nSPS) is 11.0. The van der Waals surface area contributed by atoms with Gasteiger partial charge < -0.3 is 10.1 Å². The second-order valence-electron chi connectivity index (χ2n) is 8.12. The zero-order valence-corrected chi connectivity index (χ0v) is 20.4. The number of carbonyl (C=O) groups excluding carboxylic acids is 1. The van der Waals surface area contributed by atoms with Gasteiger partial charge >= 0.3 is 0 Å². The number of carbonyl (C=O) groups is 1. The number of nitrogens with zero attached hydrogens (tertiary/aromatic N) is 4. The SMILES string of the molecule is C=CCn1c(=O)c2ccccc2n2c(SCC(=O)Nc3ccc(Oc4ccc(C)cc4)cc3)nnc12. The van der Waals surface area contributed by atoms with Gasteiger partial charge in [0, 0.05) is 12.2 Å². The molecule has 0 aliphatic heterocycles. The van der Waals surface area contributed by atoms with Crippen LogP contribution in [0.4, 0.5) is 5.69 Å². The average Bonchev–Trinajstić information content (AvgIpc) is 3.32. The maximum atomic E-state index is 12.9. The highest BCUT2D eigenvalue weighted by Gasteiger charge is 2.17. The molecule has 9 heteroatoms. The molecule has 0 bridgehead atoms. The molecule has 0 radical (unpaired) electrons. The van der Waals surface area contributed by atoms with Crippen molar-refractivity contribution in [1.82, 2.24) is 19.2 Å². The zero-order chi connectivity index (χ0) is 25.1. The Labute approximate surface area is 211 Å². The lowest BCUT2D eigenvalue weighted by atomic mass is 10.2. The van der Waals surface area contributed by atoms with E-state index >= 15 is 0 Å². The zero-order valence-electron chi connectivity index (χ0n) is 19.5. The summed E-state index contributed by atoms with van der Waals surface area (Å²) in [6.07, 6.45) is 1.64. The van der Waals surface area contributed by atoms with Crippen molar-refractivity contribution in [2.45, 2.75) is 18.6 Å². The Morgan fingerprint density at radius 3 is 2.44 bits per heavy atom. The first-order valence-electron chi connectivity index (χ1n) is 11.3. The Morgan fingerprint density at radius 2 is 1.72 bits per heavy atom. The molecule has 0 saturated carbocycles. The average molecular weight is 498 g/mol. The minimum atomic E-state index is -0.187. The van der Waals surface area contributed by atoms with Crippen LogP contribution in [0, 0.1) is 6.92 Å². The van der Waals surface area contributed by atoms with Crippen LogP contribution in [0.3, 0.4) is 0 Å². The van der Waals surface area contributed by atoms with Gasteiger partial charge in [-0.25, -0.2) is 0 Å². The van der Waals surface area contributed by atoms with Crippen molar-refractivity contribution < 1.29 is 9.53 Å². The van der Waals surface area contributed by atoms with Gasteiger partial charge in [-0.2, -0.15) is 0 Å².